The molecule has 0 aromatic heterocycles. The summed E-state index contributed by atoms with van der Waals surface area (Å²) in [5.41, 5.74) is 7.82. The van der Waals surface area contributed by atoms with Gasteiger partial charge in [0.05, 0.1) is 36.7 Å². The first kappa shape index (κ1) is 132. The minimum absolute atomic E-state index is 0. The largest absolute Gasteiger partial charge is 0.508 e. The van der Waals surface area contributed by atoms with E-state index in [0.717, 1.165) is 76.9 Å². The third-order valence-corrected chi connectivity index (χ3v) is 19.3. The lowest BCUT2D eigenvalue weighted by Gasteiger charge is -2.17. The van der Waals surface area contributed by atoms with Gasteiger partial charge in [-0.15, -0.1) is 0 Å². The molecule has 0 spiro atoms. The maximum atomic E-state index is 11.0. The number of ether oxygens (including phenoxy) is 1. The molecular formula is C105H122O32. The zero-order valence-corrected chi connectivity index (χ0v) is 77.8. The number of carbonyl (C=O) groups is 11. The number of Topliss-reactive ketones (excluding diaryl/α,β-unsaturated/α-hetero) is 2. The van der Waals surface area contributed by atoms with Crippen LogP contribution in [-0.4, -0.2) is 155 Å². The van der Waals surface area contributed by atoms with E-state index in [2.05, 4.69) is 166 Å². The van der Waals surface area contributed by atoms with Gasteiger partial charge >= 0.3 is 72.7 Å². The first-order valence-electron chi connectivity index (χ1n) is 41.7. The number of allylic oxidation sites excluding steroid dienone is 8. The third-order valence-electron chi connectivity index (χ3n) is 19.3. The number of carboxylic acids is 6. The van der Waals surface area contributed by atoms with Gasteiger partial charge in [0.25, 0.3) is 0 Å². The zero-order chi connectivity index (χ0) is 105. The third kappa shape index (κ3) is 70.4. The normalized spacial score (nSPS) is 16.6. The van der Waals surface area contributed by atoms with Gasteiger partial charge in [-0.2, -0.15) is 57.5 Å². The van der Waals surface area contributed by atoms with Crippen LogP contribution < -0.4 is 0 Å². The molecule has 32 heteroatoms. The van der Waals surface area contributed by atoms with Crippen LogP contribution in [0.25, 0.3) is 33.1 Å². The lowest BCUT2D eigenvalue weighted by molar-refractivity contribution is -0.193. The molecule has 7 aromatic carbocycles. The van der Waals surface area contributed by atoms with Gasteiger partial charge in [-0.1, -0.05) is 258 Å². The lowest BCUT2D eigenvalue weighted by atomic mass is 9.86. The van der Waals surface area contributed by atoms with Gasteiger partial charge < -0.3 is 45.6 Å². The van der Waals surface area contributed by atoms with E-state index in [9.17, 15) is 63.0 Å². The number of aliphatic hydroxyl groups is 2. The molecule has 0 amide bonds. The number of hydrogen-bond acceptors (Lipinski definition) is 26. The van der Waals surface area contributed by atoms with Crippen molar-refractivity contribution in [2.75, 3.05) is 6.61 Å². The second kappa shape index (κ2) is 78.6. The summed E-state index contributed by atoms with van der Waals surface area (Å²) >= 11 is 0. The van der Waals surface area contributed by atoms with Gasteiger partial charge in [0.2, 0.25) is 5.78 Å². The van der Waals surface area contributed by atoms with Gasteiger partial charge in [-0.25, -0.2) is 24.0 Å². The van der Waals surface area contributed by atoms with Gasteiger partial charge in [-0.05, 0) is 207 Å². The topological polar surface area (TPSA) is 567 Å². The molecule has 137 heavy (non-hydrogen) atoms. The summed E-state index contributed by atoms with van der Waals surface area (Å²) in [6.45, 7) is 35.1. The van der Waals surface area contributed by atoms with Crippen molar-refractivity contribution in [2.24, 2.45) is 47.3 Å². The van der Waals surface area contributed by atoms with Crippen molar-refractivity contribution < 1.29 is 156 Å². The quantitative estimate of drug-likeness (QED) is 0.00594. The summed E-state index contributed by atoms with van der Waals surface area (Å²) in [6, 6.07) is 52.7. The van der Waals surface area contributed by atoms with Crippen LogP contribution in [0, 0.1) is 47.3 Å². The van der Waals surface area contributed by atoms with Crippen LogP contribution in [0.15, 0.2) is 250 Å². The Hall–Kier alpha value is -16.0. The van der Waals surface area contributed by atoms with Gasteiger partial charge in [0.15, 0.2) is 17.3 Å². The maximum Gasteiger partial charge on any atom is 0.373 e. The molecule has 1 aliphatic heterocycles. The Labute approximate surface area is 795 Å². The fraction of sp³-hybridized carbons (Fsp3) is 0.324. The fourth-order valence-corrected chi connectivity index (χ4v) is 11.4. The molecule has 5 saturated carbocycles. The van der Waals surface area contributed by atoms with Crippen molar-refractivity contribution >= 4 is 135 Å². The second-order valence-electron chi connectivity index (χ2n) is 30.2. The summed E-state index contributed by atoms with van der Waals surface area (Å²) in [6.07, 6.45) is 25.0. The molecular weight excluding hydrogens is 1770 g/mol. The van der Waals surface area contributed by atoms with E-state index in [-0.39, 0.29) is 90.8 Å². The van der Waals surface area contributed by atoms with E-state index in [4.69, 9.17) is 92.9 Å². The van der Waals surface area contributed by atoms with Crippen molar-refractivity contribution in [3.63, 3.8) is 0 Å². The number of carbonyl (C=O) groups excluding carboxylic acids is 17. The molecule has 1 heterocycles. The number of ketones is 5. The Morgan fingerprint density at radius 1 is 0.438 bits per heavy atom. The Morgan fingerprint density at radius 2 is 0.752 bits per heavy atom. The van der Waals surface area contributed by atoms with Crippen molar-refractivity contribution in [2.45, 2.75) is 166 Å². The number of rotatable bonds is 22. The predicted octanol–water partition coefficient (Wildman–Crippen LogP) is 18.0. The highest BCUT2D eigenvalue weighted by Crippen LogP contribution is 2.58. The van der Waals surface area contributed by atoms with Crippen molar-refractivity contribution in [3.8, 4) is 0 Å². The highest BCUT2D eigenvalue weighted by atomic mass is 16.6. The van der Waals surface area contributed by atoms with E-state index >= 15 is 0 Å². The van der Waals surface area contributed by atoms with E-state index in [1.165, 1.54) is 162 Å². The first-order chi connectivity index (χ1) is 64.2. The molecule has 1 saturated heterocycles. The Kier molecular flexibility index (Phi) is 75.6. The van der Waals surface area contributed by atoms with Crippen LogP contribution in [0.2, 0.25) is 0 Å². The van der Waals surface area contributed by atoms with E-state index in [1.807, 2.05) is 0 Å². The molecule has 32 nitrogen and oxygen atoms in total. The zero-order valence-electron chi connectivity index (χ0n) is 77.8. The highest BCUT2D eigenvalue weighted by Gasteiger charge is 2.53. The number of benzene rings is 7. The number of aromatic carboxylic acids is 2. The highest BCUT2D eigenvalue weighted by molar-refractivity contribution is 6.36. The van der Waals surface area contributed by atoms with Gasteiger partial charge in [-0.3, -0.25) is 28.8 Å². The molecule has 6 aliphatic rings. The van der Waals surface area contributed by atoms with Crippen LogP contribution >= 0.6 is 0 Å². The van der Waals surface area contributed by atoms with Crippen molar-refractivity contribution in [1.82, 2.24) is 0 Å². The molecule has 0 radical (unpaired) electrons. The summed E-state index contributed by atoms with van der Waals surface area (Å²) < 4.78 is 4.71. The molecule has 3 unspecified atom stereocenters. The van der Waals surface area contributed by atoms with E-state index < -0.39 is 53.8 Å². The molecule has 6 fully saturated rings. The molecule has 734 valence electrons. The second-order valence-corrected chi connectivity index (χ2v) is 30.2. The predicted molar refractivity (Wildman–Crippen MR) is 503 cm³/mol. The van der Waals surface area contributed by atoms with Crippen molar-refractivity contribution in [3.05, 3.63) is 289 Å². The molecule has 13 rings (SSSR count). The molecule has 5 aliphatic carbocycles. The SMILES string of the molecule is C.C=C(O)c1ccc(C(=O)O)c2ccccc12.C=C(O)c1ccc2cc(C(=O)O)ccc2c1.C=C1C[C@@H]1C.CC(=O)/C=C/C=C/C(=O)O.CC(=O)/C=C/CC(=O)O.CC(=O)/C=C\C=C/C(=O)O.CC(=O)CC(=O)C(=O)O.CCC1C[C@@H]1C.CCC1C[C@@H]1C.C[C@H]1CC1(c1ccccc1)c1ccccc1.C[C@H]1CC1Cc1ccccc1.C[C@H]1CO1.O=C=O.O=C=O.O=C=O.O=C=O.O=C=O.O=C=O. The average molecular weight is 1900 g/mol. The monoisotopic (exact) mass is 1890 g/mol. The van der Waals surface area contributed by atoms with Crippen LogP contribution in [0.5, 0.6) is 0 Å². The van der Waals surface area contributed by atoms with E-state index in [1.54, 1.807) is 60.7 Å². The van der Waals surface area contributed by atoms with Crippen LogP contribution in [0.1, 0.15) is 197 Å². The summed E-state index contributed by atoms with van der Waals surface area (Å²) in [4.78, 5) is 209. The number of aliphatic hydroxyl groups excluding tert-OH is 2. The lowest BCUT2D eigenvalue weighted by Crippen LogP contribution is -2.15. The van der Waals surface area contributed by atoms with Gasteiger partial charge in [0.1, 0.15) is 17.3 Å². The first-order valence-corrected chi connectivity index (χ1v) is 41.7. The maximum absolute atomic E-state index is 11.0. The summed E-state index contributed by atoms with van der Waals surface area (Å²) in [7, 11) is 0. The molecule has 8 N–H and O–H groups in total. The molecule has 0 bridgehead atoms. The van der Waals surface area contributed by atoms with Gasteiger partial charge in [0, 0.05) is 28.7 Å². The number of epoxide rings is 1. The van der Waals surface area contributed by atoms with Crippen LogP contribution in [0.3, 0.4) is 0 Å². The Balaban J connectivity index is -0.000000341. The standard InChI is InChI=1S/C16H16.2C13H10O3.C11H14.2C7H8O3.C6H8O3.2C6H12.C5H6O4.C5H8.C3H6O.6CO2.CH4/c1-13-12-16(13,14-8-4-2-5-9-14)15-10-6-3-7-11-15;1-8(14)9-2-3-11-7-12(13(15)16)5-4-10(11)6-9;1-8(14)9-6-7-12(13(15)16)11-5-3-2-4-10(9)11;1-9-7-11(9)8-10-5-3-2-4-6-10;2*1-6(8)4-2-3-5-7(9)10;1-5(7)3-2-4-6(8)9;2*1-3-6-4-5(6)2;1-3(6)2-4(7)5(8)9;1-4-3-5(4)2;1-3-2-4-3;6*2-1-3;/h2-11,13H,12H2,1H3;2*2-7,14H,1H2,(H,15,16);2-6,9,11H,7-8H2,1H3;2*2-5H,1H3,(H,9,10);2-3H,4H2,1H3,(H,8,9);2*5-6H,3-4H2,1-2H3;2H2,1H3,(H,8,9);5H,1,3H2,2H3;3H,2H2,1H3;;;;;;;1H4/b;;;;4-2+,5-3+;4-2-,5-3-;3-2+;;;;;;;;;;;;/t13-;;;9-,11?;;;;2*5-,6?;;5-;3-;;;;;;;/m0..0...00.00......./s1. The van der Waals surface area contributed by atoms with Crippen molar-refractivity contribution in [1.29, 1.82) is 0 Å². The molecule has 7 aromatic rings. The summed E-state index contributed by atoms with van der Waals surface area (Å²) in [5, 5.41) is 71.6. The Morgan fingerprint density at radius 3 is 1.00 bits per heavy atom. The summed E-state index contributed by atoms with van der Waals surface area (Å²) in [5.74, 6) is -0.397. The fourth-order valence-electron chi connectivity index (χ4n) is 11.4. The number of hydrogen-bond donors (Lipinski definition) is 8. The number of aliphatic carboxylic acids is 4. The minimum atomic E-state index is -1.55. The van der Waals surface area contributed by atoms with E-state index in [0.29, 0.717) is 33.4 Å². The number of fused-ring (bicyclic) bond motifs is 2. The number of carboxylic acid groups (broad SMARTS) is 6. The minimum Gasteiger partial charge on any atom is -0.508 e. The smallest absolute Gasteiger partial charge is 0.373 e. The average Bonchev–Trinajstić information content (AvgIpc) is 1.56. The van der Waals surface area contributed by atoms with Crippen LogP contribution in [0.4, 0.5) is 0 Å². The molecule has 9 atom stereocenters. The Bertz CT molecular complexity index is 4980. The van der Waals surface area contributed by atoms with Crippen LogP contribution in [-0.2, 0) is 117 Å².